The number of nitrogens with zero attached hydrogens (tertiary/aromatic N) is 1. The largest absolute Gasteiger partial charge is 0.530 e. The van der Waals surface area contributed by atoms with Crippen LogP contribution >= 0.6 is 0 Å². The summed E-state index contributed by atoms with van der Waals surface area (Å²) in [5.41, 5.74) is -0.0438. The minimum atomic E-state index is -4.36. The highest BCUT2D eigenvalue weighted by atomic mass is 19.4. The third kappa shape index (κ3) is 3.41. The number of benzene rings is 1. The molecule has 1 fully saturated rings. The maximum absolute atomic E-state index is 12.4. The molecule has 1 N–H and O–H groups in total. The van der Waals surface area contributed by atoms with E-state index in [1.807, 2.05) is 0 Å². The zero-order valence-corrected chi connectivity index (χ0v) is 10.6. The van der Waals surface area contributed by atoms with Crippen molar-refractivity contribution in [2.75, 3.05) is 19.6 Å². The number of piperazine rings is 1. The highest BCUT2D eigenvalue weighted by Gasteiger charge is 2.30. The number of hydrogen-bond acceptors (Lipinski definition) is 3. The van der Waals surface area contributed by atoms with Gasteiger partial charge in [-0.15, -0.1) is 0 Å². The molecule has 1 saturated heterocycles. The van der Waals surface area contributed by atoms with Crippen LogP contribution in [-0.4, -0.2) is 36.7 Å². The van der Waals surface area contributed by atoms with Crippen molar-refractivity contribution in [1.29, 1.82) is 0 Å². The fourth-order valence-corrected chi connectivity index (χ4v) is 2.29. The second-order valence-electron chi connectivity index (χ2n) is 4.72. The number of halogens is 3. The van der Waals surface area contributed by atoms with E-state index in [4.69, 9.17) is 0 Å². The van der Waals surface area contributed by atoms with Crippen molar-refractivity contribution >= 4 is 6.09 Å². The molecule has 1 aliphatic heterocycles. The molecule has 1 amide bonds. The van der Waals surface area contributed by atoms with E-state index in [1.54, 1.807) is 0 Å². The molecule has 1 aromatic carbocycles. The summed E-state index contributed by atoms with van der Waals surface area (Å²) in [5.74, 6) is 0. The van der Waals surface area contributed by atoms with Crippen LogP contribution < -0.4 is 10.4 Å². The number of carbonyl (C=O) groups excluding carboxylic acids is 1. The van der Waals surface area contributed by atoms with E-state index in [0.717, 1.165) is 12.1 Å². The number of carbonyl (C=O) groups is 1. The van der Waals surface area contributed by atoms with Gasteiger partial charge in [0.05, 0.1) is 5.56 Å². The molecule has 110 valence electrons. The van der Waals surface area contributed by atoms with Crippen molar-refractivity contribution in [3.8, 4) is 0 Å². The Morgan fingerprint density at radius 1 is 1.35 bits per heavy atom. The highest BCUT2D eigenvalue weighted by Crippen LogP contribution is 2.29. The normalized spacial score (nSPS) is 19.9. The van der Waals surface area contributed by atoms with Crippen molar-refractivity contribution in [1.82, 2.24) is 10.2 Å². The van der Waals surface area contributed by atoms with Crippen LogP contribution in [0, 0.1) is 0 Å². The molecule has 1 aliphatic rings. The average molecular weight is 287 g/mol. The number of rotatable bonds is 2. The maximum Gasteiger partial charge on any atom is 0.416 e. The Balaban J connectivity index is 2.07. The van der Waals surface area contributed by atoms with Crippen LogP contribution in [-0.2, 0) is 12.6 Å². The van der Waals surface area contributed by atoms with E-state index in [1.165, 1.54) is 17.0 Å². The van der Waals surface area contributed by atoms with Crippen molar-refractivity contribution in [3.63, 3.8) is 0 Å². The molecule has 0 aliphatic carbocycles. The van der Waals surface area contributed by atoms with Gasteiger partial charge >= 0.3 is 6.18 Å². The smallest absolute Gasteiger partial charge is 0.416 e. The van der Waals surface area contributed by atoms with Crippen molar-refractivity contribution in [3.05, 3.63) is 35.4 Å². The summed E-state index contributed by atoms with van der Waals surface area (Å²) in [5, 5.41) is 14.0. The van der Waals surface area contributed by atoms with E-state index >= 15 is 0 Å². The minimum Gasteiger partial charge on any atom is -0.530 e. The van der Waals surface area contributed by atoms with Gasteiger partial charge in [0, 0.05) is 25.7 Å². The van der Waals surface area contributed by atoms with Gasteiger partial charge < -0.3 is 20.1 Å². The van der Waals surface area contributed by atoms with E-state index in [0.29, 0.717) is 31.6 Å². The molecule has 0 saturated carbocycles. The van der Waals surface area contributed by atoms with Gasteiger partial charge in [0.15, 0.2) is 0 Å². The molecule has 0 bridgehead atoms. The van der Waals surface area contributed by atoms with Crippen LogP contribution in [0.4, 0.5) is 18.0 Å². The standard InChI is InChI=1S/C13H15F3N2O2/c14-13(15,16)10-3-1-9(2-4-10)7-11-8-17-5-6-18(11)12(19)20/h1-4,11,17H,5-8H2,(H,19,20)/p-1. The van der Waals surface area contributed by atoms with Crippen molar-refractivity contribution in [2.45, 2.75) is 18.6 Å². The Kier molecular flexibility index (Phi) is 4.17. The summed E-state index contributed by atoms with van der Waals surface area (Å²) >= 11 is 0. The van der Waals surface area contributed by atoms with E-state index in [9.17, 15) is 23.1 Å². The zero-order chi connectivity index (χ0) is 14.8. The van der Waals surface area contributed by atoms with Gasteiger partial charge in [-0.25, -0.2) is 0 Å². The quantitative estimate of drug-likeness (QED) is 0.878. The predicted octanol–water partition coefficient (Wildman–Crippen LogP) is 0.865. The lowest BCUT2D eigenvalue weighted by atomic mass is 10.0. The first kappa shape index (κ1) is 14.6. The van der Waals surface area contributed by atoms with Gasteiger partial charge in [0.1, 0.15) is 6.09 Å². The highest BCUT2D eigenvalue weighted by molar-refractivity contribution is 5.63. The maximum atomic E-state index is 12.4. The molecule has 0 aromatic heterocycles. The van der Waals surface area contributed by atoms with E-state index < -0.39 is 17.8 Å². The second kappa shape index (κ2) is 5.70. The number of carboxylic acid groups (broad SMARTS) is 1. The number of hydrogen-bond donors (Lipinski definition) is 1. The first-order chi connectivity index (χ1) is 9.38. The molecular weight excluding hydrogens is 273 g/mol. The Bertz CT molecular complexity index is 473. The Hall–Kier alpha value is -1.76. The van der Waals surface area contributed by atoms with Crippen molar-refractivity contribution in [2.24, 2.45) is 0 Å². The Morgan fingerprint density at radius 2 is 2.00 bits per heavy atom. The molecular formula is C13H14F3N2O2-. The molecule has 1 atom stereocenters. The lowest BCUT2D eigenvalue weighted by molar-refractivity contribution is -0.268. The molecule has 1 aromatic rings. The molecule has 20 heavy (non-hydrogen) atoms. The zero-order valence-electron chi connectivity index (χ0n) is 10.6. The first-order valence-corrected chi connectivity index (χ1v) is 6.22. The predicted molar refractivity (Wildman–Crippen MR) is 63.9 cm³/mol. The van der Waals surface area contributed by atoms with Gasteiger partial charge in [0.2, 0.25) is 0 Å². The number of alkyl halides is 3. The van der Waals surface area contributed by atoms with Crippen LogP contribution in [0.15, 0.2) is 24.3 Å². The van der Waals surface area contributed by atoms with Crippen molar-refractivity contribution < 1.29 is 23.1 Å². The fourth-order valence-electron chi connectivity index (χ4n) is 2.29. The van der Waals surface area contributed by atoms with Gasteiger partial charge in [-0.2, -0.15) is 13.2 Å². The summed E-state index contributed by atoms with van der Waals surface area (Å²) in [7, 11) is 0. The monoisotopic (exact) mass is 287 g/mol. The van der Waals surface area contributed by atoms with Crippen LogP contribution in [0.25, 0.3) is 0 Å². The molecule has 0 spiro atoms. The summed E-state index contributed by atoms with van der Waals surface area (Å²) in [6, 6.07) is 4.46. The summed E-state index contributed by atoms with van der Waals surface area (Å²) < 4.78 is 37.3. The van der Waals surface area contributed by atoms with Gasteiger partial charge in [-0.3, -0.25) is 0 Å². The molecule has 2 rings (SSSR count). The SMILES string of the molecule is O=C([O-])N1CCNCC1Cc1ccc(C(F)(F)F)cc1. The molecule has 1 heterocycles. The fraction of sp³-hybridized carbons (Fsp3) is 0.462. The van der Waals surface area contributed by atoms with E-state index in [2.05, 4.69) is 5.32 Å². The molecule has 4 nitrogen and oxygen atoms in total. The van der Waals surface area contributed by atoms with Gasteiger partial charge in [0.25, 0.3) is 0 Å². The lowest BCUT2D eigenvalue weighted by Crippen LogP contribution is -2.57. The Morgan fingerprint density at radius 3 is 2.55 bits per heavy atom. The summed E-state index contributed by atoms with van der Waals surface area (Å²) in [4.78, 5) is 12.2. The van der Waals surface area contributed by atoms with E-state index in [-0.39, 0.29) is 6.04 Å². The average Bonchev–Trinajstić information content (AvgIpc) is 2.38. The van der Waals surface area contributed by atoms with Crippen LogP contribution in [0.5, 0.6) is 0 Å². The van der Waals surface area contributed by atoms with Crippen LogP contribution in [0.3, 0.4) is 0 Å². The van der Waals surface area contributed by atoms with Crippen LogP contribution in [0.2, 0.25) is 0 Å². The number of nitrogens with one attached hydrogen (secondary N) is 1. The Labute approximate surface area is 114 Å². The summed E-state index contributed by atoms with van der Waals surface area (Å²) in [6.07, 6.45) is -5.25. The second-order valence-corrected chi connectivity index (χ2v) is 4.72. The minimum absolute atomic E-state index is 0.314. The number of amides is 1. The summed E-state index contributed by atoms with van der Waals surface area (Å²) in [6.45, 7) is 1.35. The molecule has 1 unspecified atom stereocenters. The topological polar surface area (TPSA) is 55.4 Å². The molecule has 7 heteroatoms. The molecule has 0 radical (unpaired) electrons. The lowest BCUT2D eigenvalue weighted by Gasteiger charge is -2.38. The first-order valence-electron chi connectivity index (χ1n) is 6.22. The van der Waals surface area contributed by atoms with Crippen LogP contribution in [0.1, 0.15) is 11.1 Å². The third-order valence-corrected chi connectivity index (χ3v) is 3.34. The van der Waals surface area contributed by atoms with Gasteiger partial charge in [-0.05, 0) is 24.1 Å². The third-order valence-electron chi connectivity index (χ3n) is 3.34. The van der Waals surface area contributed by atoms with Gasteiger partial charge in [-0.1, -0.05) is 12.1 Å².